The predicted octanol–water partition coefficient (Wildman–Crippen LogP) is 2.16. The first-order chi connectivity index (χ1) is 6.45. The number of aromatic nitrogens is 1. The molecule has 3 aromatic rings. The van der Waals surface area contributed by atoms with Crippen LogP contribution in [0.5, 0.6) is 0 Å². The number of hydrogen-bond donors (Lipinski definition) is 0. The van der Waals surface area contributed by atoms with E-state index in [1.54, 1.807) is 0 Å². The van der Waals surface area contributed by atoms with Crippen LogP contribution in [0.15, 0.2) is 48.7 Å². The normalized spacial score (nSPS) is 11.1. The summed E-state index contributed by atoms with van der Waals surface area (Å²) in [5.41, 5.74) is 1.37. The van der Waals surface area contributed by atoms with Crippen LogP contribution in [0.3, 0.4) is 0 Å². The number of pyridine rings is 1. The monoisotopic (exact) mass is 183 g/mol. The van der Waals surface area contributed by atoms with Crippen LogP contribution in [0.4, 0.5) is 0 Å². The van der Waals surface area contributed by atoms with Gasteiger partial charge in [-0.05, 0) is 23.3 Å². The van der Waals surface area contributed by atoms with E-state index in [4.69, 9.17) is 0 Å². The maximum absolute atomic E-state index is 2.37. The summed E-state index contributed by atoms with van der Waals surface area (Å²) in [7, 11) is 0.262. The molecular weight excluding hydrogens is 174 g/mol. The summed E-state index contributed by atoms with van der Waals surface area (Å²) in [6.07, 6.45) is 2.17. The maximum atomic E-state index is 2.37. The van der Waals surface area contributed by atoms with Crippen molar-refractivity contribution in [2.45, 2.75) is 0 Å². The Kier molecular flexibility index (Phi) is 1.37. The Bertz CT molecular complexity index is 518. The van der Waals surface area contributed by atoms with E-state index in [-0.39, 0.29) is 9.29 Å². The second-order valence-corrected chi connectivity index (χ2v) is 4.65. The molecule has 2 heteroatoms. The van der Waals surface area contributed by atoms with Gasteiger partial charge in [0.2, 0.25) is 0 Å². The molecule has 0 bridgehead atoms. The van der Waals surface area contributed by atoms with Crippen LogP contribution >= 0.6 is 0 Å². The van der Waals surface area contributed by atoms with Crippen LogP contribution in [-0.4, -0.2) is 13.3 Å². The van der Waals surface area contributed by atoms with Crippen molar-refractivity contribution in [1.82, 2.24) is 4.06 Å². The molecule has 0 aliphatic heterocycles. The number of rotatable bonds is 0. The topological polar surface area (TPSA) is 4.41 Å². The van der Waals surface area contributed by atoms with Gasteiger partial charge in [-0.25, -0.2) is 0 Å². The third-order valence-corrected chi connectivity index (χ3v) is 3.92. The molecule has 0 unspecified atom stereocenters. The van der Waals surface area contributed by atoms with Crippen molar-refractivity contribution in [3.8, 4) is 0 Å². The smallest absolute Gasteiger partial charge is 0.126 e. The molecule has 13 heavy (non-hydrogen) atoms. The molecule has 0 amide bonds. The lowest BCUT2D eigenvalue weighted by Gasteiger charge is -1.92. The molecule has 0 fully saturated rings. The van der Waals surface area contributed by atoms with Crippen LogP contribution in [-0.2, 0) is 0 Å². The summed E-state index contributed by atoms with van der Waals surface area (Å²) in [6, 6.07) is 15.1. The Morgan fingerprint density at radius 3 is 2.77 bits per heavy atom. The summed E-state index contributed by atoms with van der Waals surface area (Å²) in [5.74, 6) is 0. The van der Waals surface area contributed by atoms with E-state index in [9.17, 15) is 0 Å². The maximum Gasteiger partial charge on any atom is 0.126 e. The minimum atomic E-state index is 0.262. The molecule has 0 spiro atoms. The van der Waals surface area contributed by atoms with Gasteiger partial charge in [0.1, 0.15) is 9.29 Å². The van der Waals surface area contributed by atoms with Crippen molar-refractivity contribution in [3.63, 3.8) is 0 Å². The average Bonchev–Trinajstić information content (AvgIpc) is 2.56. The second-order valence-electron chi connectivity index (χ2n) is 3.21. The van der Waals surface area contributed by atoms with Gasteiger partial charge in [-0.2, -0.15) is 0 Å². The van der Waals surface area contributed by atoms with Crippen molar-refractivity contribution in [3.05, 3.63) is 48.7 Å². The highest BCUT2D eigenvalue weighted by molar-refractivity contribution is 6.46. The van der Waals surface area contributed by atoms with Gasteiger partial charge in [-0.15, -0.1) is 0 Å². The molecule has 3 rings (SSSR count). The molecule has 1 nitrogen and oxygen atoms in total. The van der Waals surface area contributed by atoms with Gasteiger partial charge in [0.15, 0.2) is 0 Å². The van der Waals surface area contributed by atoms with E-state index in [0.29, 0.717) is 0 Å². The van der Waals surface area contributed by atoms with Crippen LogP contribution < -0.4 is 0 Å². The van der Waals surface area contributed by atoms with E-state index in [2.05, 4.69) is 52.7 Å². The van der Waals surface area contributed by atoms with Crippen LogP contribution in [0.1, 0.15) is 0 Å². The highest BCUT2D eigenvalue weighted by Gasteiger charge is 1.98. The fraction of sp³-hybridized carbons (Fsp3) is 0. The van der Waals surface area contributed by atoms with Crippen molar-refractivity contribution in [2.24, 2.45) is 0 Å². The lowest BCUT2D eigenvalue weighted by Crippen LogP contribution is -1.83. The summed E-state index contributed by atoms with van der Waals surface area (Å²) < 4.78 is 2.37. The van der Waals surface area contributed by atoms with Gasteiger partial charge >= 0.3 is 0 Å². The van der Waals surface area contributed by atoms with Crippen molar-refractivity contribution in [1.29, 1.82) is 0 Å². The Balaban J connectivity index is 2.64. The molecule has 0 aliphatic carbocycles. The molecule has 1 aromatic carbocycles. The fourth-order valence-electron chi connectivity index (χ4n) is 1.79. The number of benzene rings is 1. The Labute approximate surface area is 78.5 Å². The standard InChI is InChI=1S/C11H9NSi/c1-2-7-11-9(5-1)10-6-3-4-8-12(10)13-11/h1-8,13H. The number of hydrogen-bond acceptors (Lipinski definition) is 0. The molecule has 0 atom stereocenters. The molecule has 0 aliphatic rings. The Morgan fingerprint density at radius 1 is 0.923 bits per heavy atom. The van der Waals surface area contributed by atoms with Crippen molar-refractivity contribution < 1.29 is 0 Å². The van der Waals surface area contributed by atoms with E-state index >= 15 is 0 Å². The summed E-state index contributed by atoms with van der Waals surface area (Å²) in [4.78, 5) is 1.51. The first-order valence-corrected chi connectivity index (χ1v) is 5.49. The zero-order chi connectivity index (χ0) is 8.67. The molecule has 0 saturated carbocycles. The quantitative estimate of drug-likeness (QED) is 0.470. The third kappa shape index (κ3) is 0.955. The van der Waals surface area contributed by atoms with Gasteiger partial charge in [-0.1, -0.05) is 30.3 Å². The summed E-state index contributed by atoms with van der Waals surface area (Å²) in [5, 5.41) is 1.41. The van der Waals surface area contributed by atoms with Crippen LogP contribution in [0.2, 0.25) is 0 Å². The zero-order valence-corrected chi connectivity index (χ0v) is 8.30. The first kappa shape index (κ1) is 7.03. The Morgan fingerprint density at radius 2 is 1.77 bits per heavy atom. The lowest BCUT2D eigenvalue weighted by molar-refractivity contribution is 1.33. The molecule has 2 aromatic heterocycles. The highest BCUT2D eigenvalue weighted by Crippen LogP contribution is 2.17. The molecule has 0 saturated heterocycles. The minimum absolute atomic E-state index is 0.262. The van der Waals surface area contributed by atoms with Gasteiger partial charge in [0.05, 0.1) is 0 Å². The van der Waals surface area contributed by atoms with Crippen LogP contribution in [0, 0.1) is 0 Å². The number of nitrogens with zero attached hydrogens (tertiary/aromatic N) is 1. The van der Waals surface area contributed by atoms with Gasteiger partial charge in [-0.3, -0.25) is 0 Å². The number of fused-ring (bicyclic) bond motifs is 3. The molecule has 2 heterocycles. The molecular formula is C11H9NSi. The molecule has 62 valence electrons. The lowest BCUT2D eigenvalue weighted by atomic mass is 10.2. The van der Waals surface area contributed by atoms with E-state index in [1.165, 1.54) is 15.9 Å². The Hall–Kier alpha value is -1.41. The third-order valence-electron chi connectivity index (χ3n) is 2.40. The van der Waals surface area contributed by atoms with Gasteiger partial charge < -0.3 is 4.06 Å². The predicted molar refractivity (Wildman–Crippen MR) is 57.6 cm³/mol. The average molecular weight is 183 g/mol. The van der Waals surface area contributed by atoms with Gasteiger partial charge in [0, 0.05) is 10.9 Å². The molecule has 0 radical (unpaired) electrons. The molecule has 0 N–H and O–H groups in total. The van der Waals surface area contributed by atoms with E-state index in [1.807, 2.05) is 0 Å². The van der Waals surface area contributed by atoms with Crippen molar-refractivity contribution >= 4 is 25.2 Å². The SMILES string of the molecule is c1ccc2c(c1)[siH]n1ccccc21. The van der Waals surface area contributed by atoms with Crippen molar-refractivity contribution in [2.75, 3.05) is 0 Å². The first-order valence-electron chi connectivity index (χ1n) is 4.39. The van der Waals surface area contributed by atoms with E-state index < -0.39 is 0 Å². The minimum Gasteiger partial charge on any atom is -0.356 e. The zero-order valence-electron chi connectivity index (χ0n) is 7.14. The van der Waals surface area contributed by atoms with Crippen LogP contribution in [0.25, 0.3) is 15.9 Å². The van der Waals surface area contributed by atoms with E-state index in [0.717, 1.165) is 0 Å². The summed E-state index contributed by atoms with van der Waals surface area (Å²) in [6.45, 7) is 0. The highest BCUT2D eigenvalue weighted by atomic mass is 28.2. The van der Waals surface area contributed by atoms with Gasteiger partial charge in [0.25, 0.3) is 0 Å². The second kappa shape index (κ2) is 2.54. The summed E-state index contributed by atoms with van der Waals surface area (Å²) >= 11 is 0. The largest absolute Gasteiger partial charge is 0.356 e. The fourth-order valence-corrected chi connectivity index (χ4v) is 3.22.